The highest BCUT2D eigenvalue weighted by Crippen LogP contribution is 2.03. The Balaban J connectivity index is 1.85. The van der Waals surface area contributed by atoms with Gasteiger partial charge in [-0.15, -0.1) is 0 Å². The van der Waals surface area contributed by atoms with Crippen LogP contribution in [0.1, 0.15) is 18.2 Å². The average molecular weight is 303 g/mol. The first-order chi connectivity index (χ1) is 10.7. The van der Waals surface area contributed by atoms with E-state index in [1.165, 1.54) is 12.1 Å². The molecule has 1 aromatic carbocycles. The number of hydrogen-bond donors (Lipinski definition) is 2. The predicted molar refractivity (Wildman–Crippen MR) is 86.1 cm³/mol. The van der Waals surface area contributed by atoms with E-state index >= 15 is 0 Å². The molecule has 0 radical (unpaired) electrons. The minimum atomic E-state index is -0.206. The Bertz CT molecular complexity index is 603. The number of nitrogens with zero attached hydrogens (tertiary/aromatic N) is 3. The number of nitrogens with one attached hydrogen (secondary N) is 2. The van der Waals surface area contributed by atoms with E-state index in [1.807, 2.05) is 24.7 Å². The number of aryl methyl sites for hydroxylation is 1. The van der Waals surface area contributed by atoms with Crippen molar-refractivity contribution in [1.82, 2.24) is 20.4 Å². The Morgan fingerprint density at radius 2 is 2.00 bits per heavy atom. The number of benzene rings is 1. The van der Waals surface area contributed by atoms with Crippen molar-refractivity contribution in [2.24, 2.45) is 12.0 Å². The zero-order valence-electron chi connectivity index (χ0n) is 13.0. The van der Waals surface area contributed by atoms with Gasteiger partial charge in [-0.2, -0.15) is 5.10 Å². The number of guanidine groups is 1. The fraction of sp³-hybridized carbons (Fsp3) is 0.375. The van der Waals surface area contributed by atoms with E-state index in [4.69, 9.17) is 0 Å². The van der Waals surface area contributed by atoms with Gasteiger partial charge in [0, 0.05) is 26.3 Å². The Labute approximate surface area is 130 Å². The van der Waals surface area contributed by atoms with E-state index in [0.717, 1.165) is 36.7 Å². The van der Waals surface area contributed by atoms with Crippen LogP contribution < -0.4 is 10.6 Å². The van der Waals surface area contributed by atoms with Crippen LogP contribution in [0, 0.1) is 5.82 Å². The topological polar surface area (TPSA) is 54.2 Å². The highest BCUT2D eigenvalue weighted by Gasteiger charge is 2.00. The van der Waals surface area contributed by atoms with Crippen molar-refractivity contribution >= 4 is 5.96 Å². The second-order valence-electron chi connectivity index (χ2n) is 4.94. The summed E-state index contributed by atoms with van der Waals surface area (Å²) in [6.07, 6.45) is 2.58. The second-order valence-corrected chi connectivity index (χ2v) is 4.94. The molecular formula is C16H22FN5. The van der Waals surface area contributed by atoms with Gasteiger partial charge in [0.15, 0.2) is 5.96 Å². The number of halogens is 1. The fourth-order valence-corrected chi connectivity index (χ4v) is 2.03. The molecule has 2 rings (SSSR count). The van der Waals surface area contributed by atoms with Crippen LogP contribution in [0.25, 0.3) is 0 Å². The van der Waals surface area contributed by atoms with Gasteiger partial charge in [-0.1, -0.05) is 12.1 Å². The lowest BCUT2D eigenvalue weighted by atomic mass is 10.1. The highest BCUT2D eigenvalue weighted by atomic mass is 19.1. The third-order valence-corrected chi connectivity index (χ3v) is 3.29. The molecule has 1 aromatic heterocycles. The molecule has 0 aliphatic carbocycles. The van der Waals surface area contributed by atoms with Gasteiger partial charge in [0.2, 0.25) is 0 Å². The molecular weight excluding hydrogens is 281 g/mol. The van der Waals surface area contributed by atoms with Crippen LogP contribution in [0.4, 0.5) is 4.39 Å². The molecule has 5 nitrogen and oxygen atoms in total. The van der Waals surface area contributed by atoms with Crippen LogP contribution in [0.3, 0.4) is 0 Å². The lowest BCUT2D eigenvalue weighted by Crippen LogP contribution is -2.38. The Kier molecular flexibility index (Phi) is 5.94. The molecule has 0 atom stereocenters. The molecule has 0 fully saturated rings. The van der Waals surface area contributed by atoms with Gasteiger partial charge >= 0.3 is 0 Å². The molecule has 0 bridgehead atoms. The summed E-state index contributed by atoms with van der Waals surface area (Å²) >= 11 is 0. The molecule has 0 saturated heterocycles. The first kappa shape index (κ1) is 16.0. The number of rotatable bonds is 6. The van der Waals surface area contributed by atoms with Crippen LogP contribution in [-0.4, -0.2) is 28.8 Å². The van der Waals surface area contributed by atoms with E-state index in [1.54, 1.807) is 18.3 Å². The molecule has 0 amide bonds. The van der Waals surface area contributed by atoms with Gasteiger partial charge in [-0.3, -0.25) is 4.68 Å². The minimum absolute atomic E-state index is 0.206. The van der Waals surface area contributed by atoms with E-state index in [0.29, 0.717) is 6.54 Å². The monoisotopic (exact) mass is 303 g/mol. The largest absolute Gasteiger partial charge is 0.357 e. The van der Waals surface area contributed by atoms with Gasteiger partial charge in [-0.25, -0.2) is 9.38 Å². The molecule has 0 aliphatic heterocycles. The number of hydrogen-bond acceptors (Lipinski definition) is 2. The Morgan fingerprint density at radius 1 is 1.23 bits per heavy atom. The molecule has 0 spiro atoms. The molecule has 2 N–H and O–H groups in total. The molecule has 22 heavy (non-hydrogen) atoms. The standard InChI is InChI=1S/C16H22FN5/c1-3-18-16(20-12-15-9-11-21-22(15)2)19-10-8-13-4-6-14(17)7-5-13/h4-7,9,11H,3,8,10,12H2,1-2H3,(H2,18,19,20). The maximum absolute atomic E-state index is 12.9. The maximum Gasteiger partial charge on any atom is 0.191 e. The number of aliphatic imine (C=N–C) groups is 1. The van der Waals surface area contributed by atoms with Gasteiger partial charge in [0.05, 0.1) is 12.2 Å². The summed E-state index contributed by atoms with van der Waals surface area (Å²) in [7, 11) is 1.90. The Hall–Kier alpha value is -2.37. The third-order valence-electron chi connectivity index (χ3n) is 3.29. The van der Waals surface area contributed by atoms with Crippen LogP contribution >= 0.6 is 0 Å². The van der Waals surface area contributed by atoms with Gasteiger partial charge in [0.25, 0.3) is 0 Å². The van der Waals surface area contributed by atoms with E-state index in [-0.39, 0.29) is 5.82 Å². The van der Waals surface area contributed by atoms with Crippen LogP contribution in [0.15, 0.2) is 41.5 Å². The summed E-state index contributed by atoms with van der Waals surface area (Å²) in [6, 6.07) is 8.52. The zero-order valence-corrected chi connectivity index (χ0v) is 13.0. The fourth-order valence-electron chi connectivity index (χ4n) is 2.03. The van der Waals surface area contributed by atoms with Crippen molar-refractivity contribution in [1.29, 1.82) is 0 Å². The molecule has 2 aromatic rings. The van der Waals surface area contributed by atoms with Crippen molar-refractivity contribution in [3.63, 3.8) is 0 Å². The summed E-state index contributed by atoms with van der Waals surface area (Å²) in [5.74, 6) is 0.564. The third kappa shape index (κ3) is 4.87. The number of aromatic nitrogens is 2. The molecule has 6 heteroatoms. The first-order valence-corrected chi connectivity index (χ1v) is 7.42. The summed E-state index contributed by atoms with van der Waals surface area (Å²) < 4.78 is 14.7. The normalized spacial score (nSPS) is 11.5. The van der Waals surface area contributed by atoms with Gasteiger partial charge in [0.1, 0.15) is 5.82 Å². The van der Waals surface area contributed by atoms with Crippen molar-refractivity contribution in [3.05, 3.63) is 53.6 Å². The predicted octanol–water partition coefficient (Wildman–Crippen LogP) is 1.86. The lowest BCUT2D eigenvalue weighted by Gasteiger charge is -2.11. The molecule has 118 valence electrons. The second kappa shape index (κ2) is 8.17. The van der Waals surface area contributed by atoms with Crippen molar-refractivity contribution in [2.45, 2.75) is 19.9 Å². The molecule has 1 heterocycles. The van der Waals surface area contributed by atoms with E-state index < -0.39 is 0 Å². The molecule has 0 aliphatic rings. The minimum Gasteiger partial charge on any atom is -0.357 e. The summed E-state index contributed by atoms with van der Waals surface area (Å²) in [6.45, 7) is 4.14. The maximum atomic E-state index is 12.9. The molecule has 0 unspecified atom stereocenters. The summed E-state index contributed by atoms with van der Waals surface area (Å²) in [5, 5.41) is 10.6. The highest BCUT2D eigenvalue weighted by molar-refractivity contribution is 5.79. The zero-order chi connectivity index (χ0) is 15.8. The van der Waals surface area contributed by atoms with Crippen molar-refractivity contribution in [2.75, 3.05) is 13.1 Å². The van der Waals surface area contributed by atoms with Gasteiger partial charge < -0.3 is 10.6 Å². The van der Waals surface area contributed by atoms with Crippen molar-refractivity contribution in [3.8, 4) is 0 Å². The quantitative estimate of drug-likeness (QED) is 0.632. The SMILES string of the molecule is CCNC(=NCc1ccnn1C)NCCc1ccc(F)cc1. The first-order valence-electron chi connectivity index (χ1n) is 7.42. The molecule has 0 saturated carbocycles. The average Bonchev–Trinajstić information content (AvgIpc) is 2.92. The Morgan fingerprint density at radius 3 is 2.64 bits per heavy atom. The summed E-state index contributed by atoms with van der Waals surface area (Å²) in [4.78, 5) is 4.54. The van der Waals surface area contributed by atoms with Crippen LogP contribution in [0.5, 0.6) is 0 Å². The van der Waals surface area contributed by atoms with Crippen LogP contribution in [0.2, 0.25) is 0 Å². The van der Waals surface area contributed by atoms with Crippen LogP contribution in [-0.2, 0) is 20.0 Å². The van der Waals surface area contributed by atoms with Crippen molar-refractivity contribution < 1.29 is 4.39 Å². The summed E-state index contributed by atoms with van der Waals surface area (Å²) in [5.41, 5.74) is 2.15. The van der Waals surface area contributed by atoms with Gasteiger partial charge in [-0.05, 0) is 37.1 Å². The van der Waals surface area contributed by atoms with E-state index in [2.05, 4.69) is 20.7 Å². The lowest BCUT2D eigenvalue weighted by molar-refractivity contribution is 0.626. The smallest absolute Gasteiger partial charge is 0.191 e. The van der Waals surface area contributed by atoms with E-state index in [9.17, 15) is 4.39 Å².